The molecule has 1 aliphatic heterocycles. The smallest absolute Gasteiger partial charge is 0.248 e. The van der Waals surface area contributed by atoms with Crippen molar-refractivity contribution in [3.63, 3.8) is 0 Å². The first-order valence-corrected chi connectivity index (χ1v) is 5.87. The third-order valence-corrected chi connectivity index (χ3v) is 2.68. The highest BCUT2D eigenvalue weighted by molar-refractivity contribution is 5.77. The molecule has 0 aromatic heterocycles. The molecule has 0 aromatic rings. The molecule has 94 valence electrons. The van der Waals surface area contributed by atoms with E-state index in [9.17, 15) is 4.79 Å². The molecule has 0 aromatic carbocycles. The fourth-order valence-electron chi connectivity index (χ4n) is 1.62. The van der Waals surface area contributed by atoms with Crippen LogP contribution in [0.2, 0.25) is 0 Å². The van der Waals surface area contributed by atoms with Gasteiger partial charge in [-0.3, -0.25) is 4.79 Å². The van der Waals surface area contributed by atoms with Gasteiger partial charge in [-0.15, -0.1) is 0 Å². The van der Waals surface area contributed by atoms with Gasteiger partial charge in [-0.1, -0.05) is 0 Å². The standard InChI is InChI=1S/C11H22N2O3/c1-13(6-3-5-12)11(14)9-15-8-10-4-2-7-16-10/h10H,2-9,12H2,1H3. The molecule has 1 aliphatic rings. The number of nitrogens with zero attached hydrogens (tertiary/aromatic N) is 1. The summed E-state index contributed by atoms with van der Waals surface area (Å²) in [5, 5.41) is 0. The summed E-state index contributed by atoms with van der Waals surface area (Å²) < 4.78 is 10.7. The lowest BCUT2D eigenvalue weighted by Crippen LogP contribution is -2.33. The zero-order valence-corrected chi connectivity index (χ0v) is 9.98. The molecule has 5 nitrogen and oxygen atoms in total. The van der Waals surface area contributed by atoms with Crippen molar-refractivity contribution in [2.24, 2.45) is 5.73 Å². The molecule has 1 fully saturated rings. The van der Waals surface area contributed by atoms with Crippen molar-refractivity contribution >= 4 is 5.91 Å². The van der Waals surface area contributed by atoms with Crippen LogP contribution >= 0.6 is 0 Å². The maximum atomic E-state index is 11.5. The van der Waals surface area contributed by atoms with Crippen LogP contribution in [0.3, 0.4) is 0 Å². The molecule has 16 heavy (non-hydrogen) atoms. The molecule has 1 atom stereocenters. The first kappa shape index (κ1) is 13.4. The van der Waals surface area contributed by atoms with E-state index in [0.717, 1.165) is 25.9 Å². The van der Waals surface area contributed by atoms with Crippen LogP contribution in [-0.2, 0) is 14.3 Å². The van der Waals surface area contributed by atoms with Crippen LogP contribution in [0.5, 0.6) is 0 Å². The summed E-state index contributed by atoms with van der Waals surface area (Å²) in [5.41, 5.74) is 5.37. The fraction of sp³-hybridized carbons (Fsp3) is 0.909. The summed E-state index contributed by atoms with van der Waals surface area (Å²) in [4.78, 5) is 13.2. The summed E-state index contributed by atoms with van der Waals surface area (Å²) in [5.74, 6) is 0.00597. The molecule has 0 saturated carbocycles. The molecule has 2 N–H and O–H groups in total. The summed E-state index contributed by atoms with van der Waals surface area (Å²) in [6.07, 6.45) is 3.14. The van der Waals surface area contributed by atoms with E-state index in [0.29, 0.717) is 19.7 Å². The van der Waals surface area contributed by atoms with Crippen LogP contribution < -0.4 is 5.73 Å². The van der Waals surface area contributed by atoms with Gasteiger partial charge in [-0.2, -0.15) is 0 Å². The Labute approximate surface area is 96.9 Å². The maximum Gasteiger partial charge on any atom is 0.248 e. The Kier molecular flexibility index (Phi) is 6.37. The Hall–Kier alpha value is -0.650. The molecule has 1 unspecified atom stereocenters. The van der Waals surface area contributed by atoms with Gasteiger partial charge >= 0.3 is 0 Å². The molecule has 1 amide bonds. The van der Waals surface area contributed by atoms with Crippen molar-refractivity contribution < 1.29 is 14.3 Å². The summed E-state index contributed by atoms with van der Waals surface area (Å²) in [6.45, 7) is 2.78. The van der Waals surface area contributed by atoms with Gasteiger partial charge < -0.3 is 20.1 Å². The van der Waals surface area contributed by atoms with Gasteiger partial charge in [0.05, 0.1) is 12.7 Å². The summed E-state index contributed by atoms with van der Waals surface area (Å²) >= 11 is 0. The quantitative estimate of drug-likeness (QED) is 0.668. The van der Waals surface area contributed by atoms with Crippen LogP contribution in [0, 0.1) is 0 Å². The number of hydrogen-bond acceptors (Lipinski definition) is 4. The number of likely N-dealkylation sites (N-methyl/N-ethyl adjacent to an activating group) is 1. The van der Waals surface area contributed by atoms with Crippen LogP contribution in [0.1, 0.15) is 19.3 Å². The third kappa shape index (κ3) is 4.92. The molecule has 5 heteroatoms. The number of carbonyl (C=O) groups excluding carboxylic acids is 1. The second-order valence-corrected chi connectivity index (χ2v) is 4.11. The van der Waals surface area contributed by atoms with Crippen LogP contribution in [-0.4, -0.2) is 56.9 Å². The number of hydrogen-bond donors (Lipinski definition) is 1. The zero-order chi connectivity index (χ0) is 11.8. The molecule has 1 rings (SSSR count). The highest BCUT2D eigenvalue weighted by Crippen LogP contribution is 2.11. The van der Waals surface area contributed by atoms with Crippen molar-refractivity contribution in [2.75, 3.05) is 40.0 Å². The number of carbonyl (C=O) groups is 1. The molecule has 0 radical (unpaired) electrons. The van der Waals surface area contributed by atoms with E-state index in [4.69, 9.17) is 15.2 Å². The minimum atomic E-state index is 0.00597. The third-order valence-electron chi connectivity index (χ3n) is 2.68. The van der Waals surface area contributed by atoms with Gasteiger partial charge in [0.25, 0.3) is 0 Å². The minimum absolute atomic E-state index is 0.00597. The lowest BCUT2D eigenvalue weighted by molar-refractivity contribution is -0.135. The van der Waals surface area contributed by atoms with E-state index in [1.54, 1.807) is 11.9 Å². The lowest BCUT2D eigenvalue weighted by Gasteiger charge is -2.17. The average molecular weight is 230 g/mol. The Morgan fingerprint density at radius 2 is 2.44 bits per heavy atom. The van der Waals surface area contributed by atoms with Crippen LogP contribution in [0.25, 0.3) is 0 Å². The normalized spacial score (nSPS) is 20.0. The summed E-state index contributed by atoms with van der Waals surface area (Å²) in [7, 11) is 1.77. The molecule has 1 saturated heterocycles. The average Bonchev–Trinajstić information content (AvgIpc) is 2.78. The van der Waals surface area contributed by atoms with E-state index < -0.39 is 0 Å². The molecule has 0 aliphatic carbocycles. The highest BCUT2D eigenvalue weighted by atomic mass is 16.5. The van der Waals surface area contributed by atoms with E-state index in [1.165, 1.54) is 0 Å². The Balaban J connectivity index is 2.04. The van der Waals surface area contributed by atoms with Gasteiger partial charge in [0.15, 0.2) is 0 Å². The Bertz CT molecular complexity index is 205. The number of rotatable bonds is 7. The minimum Gasteiger partial charge on any atom is -0.376 e. The topological polar surface area (TPSA) is 64.8 Å². The van der Waals surface area contributed by atoms with E-state index in [2.05, 4.69) is 0 Å². The van der Waals surface area contributed by atoms with Crippen LogP contribution in [0.15, 0.2) is 0 Å². The van der Waals surface area contributed by atoms with Crippen molar-refractivity contribution in [3.8, 4) is 0 Å². The molecule has 1 heterocycles. The van der Waals surface area contributed by atoms with Gasteiger partial charge in [-0.25, -0.2) is 0 Å². The van der Waals surface area contributed by atoms with E-state index in [1.807, 2.05) is 0 Å². The zero-order valence-electron chi connectivity index (χ0n) is 9.98. The highest BCUT2D eigenvalue weighted by Gasteiger charge is 2.16. The second-order valence-electron chi connectivity index (χ2n) is 4.11. The lowest BCUT2D eigenvalue weighted by atomic mass is 10.2. The van der Waals surface area contributed by atoms with Gasteiger partial charge in [0.1, 0.15) is 6.61 Å². The first-order chi connectivity index (χ1) is 7.74. The second kappa shape index (κ2) is 7.60. The van der Waals surface area contributed by atoms with Crippen molar-refractivity contribution in [1.29, 1.82) is 0 Å². The van der Waals surface area contributed by atoms with Gasteiger partial charge in [0.2, 0.25) is 5.91 Å². The van der Waals surface area contributed by atoms with Gasteiger partial charge in [-0.05, 0) is 25.8 Å². The molecule has 0 spiro atoms. The predicted molar refractivity (Wildman–Crippen MR) is 61.1 cm³/mol. The number of ether oxygens (including phenoxy) is 2. The molecular formula is C11H22N2O3. The number of amides is 1. The van der Waals surface area contributed by atoms with Crippen LogP contribution in [0.4, 0.5) is 0 Å². The molecular weight excluding hydrogens is 208 g/mol. The largest absolute Gasteiger partial charge is 0.376 e. The Morgan fingerprint density at radius 1 is 1.62 bits per heavy atom. The monoisotopic (exact) mass is 230 g/mol. The Morgan fingerprint density at radius 3 is 3.06 bits per heavy atom. The van der Waals surface area contributed by atoms with E-state index in [-0.39, 0.29) is 18.6 Å². The maximum absolute atomic E-state index is 11.5. The number of nitrogens with two attached hydrogens (primary N) is 1. The first-order valence-electron chi connectivity index (χ1n) is 5.87. The van der Waals surface area contributed by atoms with E-state index >= 15 is 0 Å². The van der Waals surface area contributed by atoms with Crippen molar-refractivity contribution in [2.45, 2.75) is 25.4 Å². The predicted octanol–water partition coefficient (Wildman–Crippen LogP) is -0.0108. The SMILES string of the molecule is CN(CCCN)C(=O)COCC1CCCO1. The summed E-state index contributed by atoms with van der Waals surface area (Å²) in [6, 6.07) is 0. The van der Waals surface area contributed by atoms with Gasteiger partial charge in [0, 0.05) is 20.2 Å². The fourth-order valence-corrected chi connectivity index (χ4v) is 1.62. The molecule has 0 bridgehead atoms. The van der Waals surface area contributed by atoms with Crippen molar-refractivity contribution in [3.05, 3.63) is 0 Å². The van der Waals surface area contributed by atoms with Crippen molar-refractivity contribution in [1.82, 2.24) is 4.90 Å².